The molecular formula is C31H30N2O4. The molecular weight excluding hydrogens is 464 g/mol. The molecule has 4 aromatic carbocycles. The summed E-state index contributed by atoms with van der Waals surface area (Å²) in [7, 11) is 0. The highest BCUT2D eigenvalue weighted by molar-refractivity contribution is 6.25. The maximum Gasteiger partial charge on any atom is 0.261 e. The van der Waals surface area contributed by atoms with Crippen molar-refractivity contribution in [1.29, 1.82) is 0 Å². The number of hydrogen-bond donors (Lipinski definition) is 1. The van der Waals surface area contributed by atoms with Crippen molar-refractivity contribution in [1.82, 2.24) is 9.80 Å². The van der Waals surface area contributed by atoms with Crippen LogP contribution >= 0.6 is 0 Å². The van der Waals surface area contributed by atoms with Crippen LogP contribution < -0.4 is 4.74 Å². The van der Waals surface area contributed by atoms with Gasteiger partial charge in [-0.25, -0.2) is 0 Å². The molecule has 0 unspecified atom stereocenters. The first-order valence-electron chi connectivity index (χ1n) is 13.0. The second-order valence-corrected chi connectivity index (χ2v) is 10.1. The highest BCUT2D eigenvalue weighted by Gasteiger charge is 2.34. The van der Waals surface area contributed by atoms with Crippen LogP contribution in [0.1, 0.15) is 33.6 Å². The van der Waals surface area contributed by atoms with E-state index >= 15 is 0 Å². The second kappa shape index (κ2) is 9.96. The van der Waals surface area contributed by atoms with Crippen LogP contribution in [0, 0.1) is 5.92 Å². The quantitative estimate of drug-likeness (QED) is 0.376. The number of piperidine rings is 1. The van der Waals surface area contributed by atoms with E-state index in [2.05, 4.69) is 11.0 Å². The van der Waals surface area contributed by atoms with Gasteiger partial charge < -0.3 is 14.7 Å². The van der Waals surface area contributed by atoms with Crippen LogP contribution in [-0.2, 0) is 0 Å². The standard InChI is InChI=1S/C31H30N2O4/c34-25(20-37-26-12-11-22-5-1-2-6-24(22)17-26)19-32-15-13-21(14-16-32)18-33-30(35)27-9-3-7-23-8-4-10-28(29(23)27)31(33)36/h1-12,17,21,25,34H,13-16,18-20H2/t25-/m1/s1. The number of ether oxygens (including phenoxy) is 1. The number of aliphatic hydroxyl groups excluding tert-OH is 1. The first-order valence-corrected chi connectivity index (χ1v) is 13.0. The van der Waals surface area contributed by atoms with Crippen molar-refractivity contribution >= 4 is 33.4 Å². The van der Waals surface area contributed by atoms with Gasteiger partial charge >= 0.3 is 0 Å². The number of hydrogen-bond acceptors (Lipinski definition) is 5. The predicted octanol–water partition coefficient (Wildman–Crippen LogP) is 4.74. The molecule has 6 rings (SSSR count). The fourth-order valence-electron chi connectivity index (χ4n) is 5.66. The summed E-state index contributed by atoms with van der Waals surface area (Å²) in [5.41, 5.74) is 1.22. The molecule has 6 nitrogen and oxygen atoms in total. The van der Waals surface area contributed by atoms with Crippen molar-refractivity contribution in [2.75, 3.05) is 32.8 Å². The van der Waals surface area contributed by atoms with Crippen LogP contribution in [-0.4, -0.2) is 65.6 Å². The number of nitrogens with zero attached hydrogens (tertiary/aromatic N) is 2. The number of likely N-dealkylation sites (tertiary alicyclic amines) is 1. The van der Waals surface area contributed by atoms with Crippen LogP contribution in [0.2, 0.25) is 0 Å². The van der Waals surface area contributed by atoms with Gasteiger partial charge in [0.25, 0.3) is 11.8 Å². The Kier molecular flexibility index (Phi) is 6.37. The van der Waals surface area contributed by atoms with E-state index in [9.17, 15) is 14.7 Å². The molecule has 0 radical (unpaired) electrons. The third-order valence-corrected chi connectivity index (χ3v) is 7.64. The molecule has 1 fully saturated rings. The van der Waals surface area contributed by atoms with E-state index in [0.717, 1.165) is 53.2 Å². The van der Waals surface area contributed by atoms with Gasteiger partial charge in [0.2, 0.25) is 0 Å². The maximum atomic E-state index is 13.2. The third-order valence-electron chi connectivity index (χ3n) is 7.64. The van der Waals surface area contributed by atoms with Gasteiger partial charge in [-0.05, 0) is 72.3 Å². The molecule has 4 aromatic rings. The lowest BCUT2D eigenvalue weighted by Crippen LogP contribution is -2.46. The summed E-state index contributed by atoms with van der Waals surface area (Å²) in [4.78, 5) is 30.1. The lowest BCUT2D eigenvalue weighted by Gasteiger charge is -2.36. The van der Waals surface area contributed by atoms with E-state index in [0.29, 0.717) is 24.2 Å². The summed E-state index contributed by atoms with van der Waals surface area (Å²) in [6.45, 7) is 2.85. The largest absolute Gasteiger partial charge is 0.491 e. The normalized spacial score (nSPS) is 17.5. The van der Waals surface area contributed by atoms with Crippen LogP contribution in [0.15, 0.2) is 78.9 Å². The first kappa shape index (κ1) is 23.6. The molecule has 1 N–H and O–H groups in total. The number of carbonyl (C=O) groups is 2. The van der Waals surface area contributed by atoms with Crippen molar-refractivity contribution in [3.63, 3.8) is 0 Å². The second-order valence-electron chi connectivity index (χ2n) is 10.1. The summed E-state index contributed by atoms with van der Waals surface area (Å²) < 4.78 is 5.86. The fraction of sp³-hybridized carbons (Fsp3) is 0.290. The molecule has 2 aliphatic rings. The molecule has 2 heterocycles. The monoisotopic (exact) mass is 494 g/mol. The molecule has 2 aliphatic heterocycles. The van der Waals surface area contributed by atoms with Crippen LogP contribution in [0.5, 0.6) is 5.75 Å². The van der Waals surface area contributed by atoms with E-state index in [1.165, 1.54) is 4.90 Å². The van der Waals surface area contributed by atoms with Gasteiger partial charge in [-0.1, -0.05) is 54.6 Å². The predicted molar refractivity (Wildman–Crippen MR) is 144 cm³/mol. The van der Waals surface area contributed by atoms with E-state index in [4.69, 9.17) is 4.74 Å². The average molecular weight is 495 g/mol. The number of β-amino-alcohol motifs (C(OH)–C–C–N with tert-alkyl or cyclic N) is 1. The zero-order valence-corrected chi connectivity index (χ0v) is 20.7. The number of aliphatic hydroxyl groups is 1. The van der Waals surface area contributed by atoms with Crippen LogP contribution in [0.3, 0.4) is 0 Å². The Morgan fingerprint density at radius 2 is 1.46 bits per heavy atom. The van der Waals surface area contributed by atoms with Gasteiger partial charge in [-0.2, -0.15) is 0 Å². The summed E-state index contributed by atoms with van der Waals surface area (Å²) in [6, 6.07) is 25.3. The zero-order valence-electron chi connectivity index (χ0n) is 20.7. The Balaban J connectivity index is 1.01. The van der Waals surface area contributed by atoms with Gasteiger partial charge in [0, 0.05) is 29.6 Å². The lowest BCUT2D eigenvalue weighted by atomic mass is 9.91. The highest BCUT2D eigenvalue weighted by Crippen LogP contribution is 2.31. The minimum atomic E-state index is -0.592. The van der Waals surface area contributed by atoms with Crippen molar-refractivity contribution in [2.45, 2.75) is 18.9 Å². The smallest absolute Gasteiger partial charge is 0.261 e. The first-order chi connectivity index (χ1) is 18.1. The van der Waals surface area contributed by atoms with E-state index in [-0.39, 0.29) is 24.3 Å². The van der Waals surface area contributed by atoms with Crippen molar-refractivity contribution in [3.8, 4) is 5.75 Å². The average Bonchev–Trinajstić information content (AvgIpc) is 2.93. The van der Waals surface area contributed by atoms with Crippen molar-refractivity contribution in [3.05, 3.63) is 90.0 Å². The van der Waals surface area contributed by atoms with Gasteiger partial charge in [0.05, 0.1) is 0 Å². The summed E-state index contributed by atoms with van der Waals surface area (Å²) in [6.07, 6.45) is 1.16. The van der Waals surface area contributed by atoms with Crippen molar-refractivity contribution in [2.24, 2.45) is 5.92 Å². The van der Waals surface area contributed by atoms with E-state index in [1.807, 2.05) is 72.8 Å². The molecule has 0 spiro atoms. The van der Waals surface area contributed by atoms with Gasteiger partial charge in [0.15, 0.2) is 0 Å². The molecule has 1 saturated heterocycles. The number of rotatable bonds is 7. The molecule has 0 saturated carbocycles. The van der Waals surface area contributed by atoms with Gasteiger partial charge in [0.1, 0.15) is 18.5 Å². The SMILES string of the molecule is O=C1c2cccc3cccc(c23)C(=O)N1CC1CCN(C[C@@H](O)COc2ccc3ccccc3c2)CC1. The topological polar surface area (TPSA) is 70.1 Å². The lowest BCUT2D eigenvalue weighted by molar-refractivity contribution is 0.0453. The Morgan fingerprint density at radius 3 is 2.16 bits per heavy atom. The molecule has 37 heavy (non-hydrogen) atoms. The number of amides is 2. The van der Waals surface area contributed by atoms with E-state index in [1.54, 1.807) is 0 Å². The minimum Gasteiger partial charge on any atom is -0.491 e. The van der Waals surface area contributed by atoms with Gasteiger partial charge in [-0.3, -0.25) is 14.5 Å². The third kappa shape index (κ3) is 4.70. The number of benzene rings is 4. The molecule has 0 aliphatic carbocycles. The Labute approximate surface area is 216 Å². The van der Waals surface area contributed by atoms with Crippen LogP contribution in [0.4, 0.5) is 0 Å². The molecule has 0 bridgehead atoms. The molecule has 188 valence electrons. The fourth-order valence-corrected chi connectivity index (χ4v) is 5.66. The van der Waals surface area contributed by atoms with Gasteiger partial charge in [-0.15, -0.1) is 0 Å². The Morgan fingerprint density at radius 1 is 0.811 bits per heavy atom. The van der Waals surface area contributed by atoms with Crippen molar-refractivity contribution < 1.29 is 19.4 Å². The number of carbonyl (C=O) groups excluding carboxylic acids is 2. The summed E-state index contributed by atoms with van der Waals surface area (Å²) in [5, 5.41) is 14.5. The number of fused-ring (bicyclic) bond motifs is 1. The minimum absolute atomic E-state index is 0.196. The summed E-state index contributed by atoms with van der Waals surface area (Å²) in [5.74, 6) is 0.611. The molecule has 6 heteroatoms. The zero-order chi connectivity index (χ0) is 25.4. The molecule has 1 atom stereocenters. The molecule has 2 amide bonds. The number of imide groups is 1. The van der Waals surface area contributed by atoms with E-state index < -0.39 is 6.10 Å². The maximum absolute atomic E-state index is 13.2. The highest BCUT2D eigenvalue weighted by atomic mass is 16.5. The summed E-state index contributed by atoms with van der Waals surface area (Å²) >= 11 is 0. The molecule has 0 aromatic heterocycles. The Hall–Kier alpha value is -3.74. The Bertz CT molecular complexity index is 1420. The van der Waals surface area contributed by atoms with Crippen LogP contribution in [0.25, 0.3) is 21.5 Å².